The third-order valence-corrected chi connectivity index (χ3v) is 4.64. The van der Waals surface area contributed by atoms with E-state index >= 15 is 0 Å². The Balaban J connectivity index is 2.19. The van der Waals surface area contributed by atoms with Gasteiger partial charge in [-0.15, -0.1) is 0 Å². The first kappa shape index (κ1) is 14.8. The average molecular weight is 293 g/mol. The van der Waals surface area contributed by atoms with Crippen LogP contribution in [-0.2, 0) is 17.6 Å². The number of amides is 1. The van der Waals surface area contributed by atoms with E-state index in [0.29, 0.717) is 6.42 Å². The Morgan fingerprint density at radius 2 is 1.45 bits per heavy atom. The van der Waals surface area contributed by atoms with E-state index in [1.165, 1.54) is 22.3 Å². The molecule has 0 saturated heterocycles. The van der Waals surface area contributed by atoms with Gasteiger partial charge in [0.05, 0.1) is 6.04 Å². The number of nitrogens with zero attached hydrogens (tertiary/aromatic N) is 1. The highest BCUT2D eigenvalue weighted by molar-refractivity contribution is 5.77. The molecule has 2 aromatic rings. The van der Waals surface area contributed by atoms with Gasteiger partial charge in [0.25, 0.3) is 0 Å². The van der Waals surface area contributed by atoms with Crippen molar-refractivity contribution in [3.8, 4) is 0 Å². The average Bonchev–Trinajstić information content (AvgIpc) is 2.73. The molecule has 2 nitrogen and oxygen atoms in total. The lowest BCUT2D eigenvalue weighted by Gasteiger charge is -2.32. The van der Waals surface area contributed by atoms with Gasteiger partial charge in [-0.05, 0) is 42.0 Å². The van der Waals surface area contributed by atoms with E-state index in [4.69, 9.17) is 0 Å². The van der Waals surface area contributed by atoms with Crippen LogP contribution in [0.4, 0.5) is 0 Å². The lowest BCUT2D eigenvalue weighted by Crippen LogP contribution is -2.35. The Bertz CT molecular complexity index is 629. The molecular formula is C20H23NO. The van der Waals surface area contributed by atoms with E-state index in [9.17, 15) is 4.79 Å². The molecule has 2 aromatic carbocycles. The van der Waals surface area contributed by atoms with Crippen molar-refractivity contribution < 1.29 is 4.79 Å². The van der Waals surface area contributed by atoms with Gasteiger partial charge >= 0.3 is 0 Å². The molecule has 0 aromatic heterocycles. The second kappa shape index (κ2) is 6.35. The van der Waals surface area contributed by atoms with Crippen molar-refractivity contribution in [2.75, 3.05) is 6.54 Å². The molecule has 114 valence electrons. The molecule has 0 saturated carbocycles. The maximum Gasteiger partial charge on any atom is 0.223 e. The first-order valence-corrected chi connectivity index (χ1v) is 8.21. The highest BCUT2D eigenvalue weighted by Crippen LogP contribution is 2.36. The molecule has 0 spiro atoms. The molecule has 0 aliphatic heterocycles. The van der Waals surface area contributed by atoms with Crippen molar-refractivity contribution in [1.29, 1.82) is 0 Å². The molecule has 0 unspecified atom stereocenters. The van der Waals surface area contributed by atoms with Crippen LogP contribution in [0.3, 0.4) is 0 Å². The zero-order valence-corrected chi connectivity index (χ0v) is 13.4. The Kier molecular flexibility index (Phi) is 4.28. The fourth-order valence-corrected chi connectivity index (χ4v) is 3.54. The van der Waals surface area contributed by atoms with Crippen LogP contribution in [0.2, 0.25) is 0 Å². The van der Waals surface area contributed by atoms with Crippen molar-refractivity contribution in [3.05, 3.63) is 70.8 Å². The molecule has 1 amide bonds. The van der Waals surface area contributed by atoms with Gasteiger partial charge in [0, 0.05) is 13.0 Å². The topological polar surface area (TPSA) is 20.3 Å². The van der Waals surface area contributed by atoms with Crippen molar-refractivity contribution >= 4 is 5.91 Å². The summed E-state index contributed by atoms with van der Waals surface area (Å²) in [6.45, 7) is 4.75. The van der Waals surface area contributed by atoms with Crippen LogP contribution in [0.15, 0.2) is 48.5 Å². The summed E-state index contributed by atoms with van der Waals surface area (Å²) < 4.78 is 0. The van der Waals surface area contributed by atoms with Gasteiger partial charge in [-0.25, -0.2) is 0 Å². The normalized spacial score (nSPS) is 13.9. The van der Waals surface area contributed by atoms with Gasteiger partial charge in [-0.3, -0.25) is 4.79 Å². The molecule has 0 N–H and O–H groups in total. The van der Waals surface area contributed by atoms with Crippen molar-refractivity contribution in [1.82, 2.24) is 4.90 Å². The minimum Gasteiger partial charge on any atom is -0.332 e. The van der Waals surface area contributed by atoms with Gasteiger partial charge in [-0.1, -0.05) is 55.5 Å². The highest BCUT2D eigenvalue weighted by atomic mass is 16.2. The Labute approximate surface area is 132 Å². The van der Waals surface area contributed by atoms with E-state index in [1.807, 2.05) is 11.8 Å². The van der Waals surface area contributed by atoms with Gasteiger partial charge in [0.1, 0.15) is 0 Å². The van der Waals surface area contributed by atoms with Crippen LogP contribution >= 0.6 is 0 Å². The van der Waals surface area contributed by atoms with Gasteiger partial charge < -0.3 is 4.90 Å². The van der Waals surface area contributed by atoms with Crippen LogP contribution in [0.1, 0.15) is 48.6 Å². The van der Waals surface area contributed by atoms with Crippen LogP contribution < -0.4 is 0 Å². The van der Waals surface area contributed by atoms with Crippen LogP contribution in [0.5, 0.6) is 0 Å². The van der Waals surface area contributed by atoms with E-state index in [2.05, 4.69) is 55.5 Å². The first-order chi connectivity index (χ1) is 10.8. The minimum atomic E-state index is 0.0485. The molecule has 2 heteroatoms. The van der Waals surface area contributed by atoms with Crippen LogP contribution in [0.25, 0.3) is 0 Å². The lowest BCUT2D eigenvalue weighted by atomic mass is 9.93. The second-order valence-electron chi connectivity index (χ2n) is 5.83. The molecule has 0 bridgehead atoms. The minimum absolute atomic E-state index is 0.0485. The molecule has 1 aliphatic rings. The Hall–Kier alpha value is -2.09. The molecule has 0 atom stereocenters. The number of rotatable bonds is 3. The smallest absolute Gasteiger partial charge is 0.223 e. The van der Waals surface area contributed by atoms with E-state index in [0.717, 1.165) is 19.4 Å². The SMILES string of the molecule is CCC(=O)N(CC)C1c2ccccc2CCc2ccccc21. The summed E-state index contributed by atoms with van der Waals surface area (Å²) in [6, 6.07) is 17.2. The molecule has 0 heterocycles. The third kappa shape index (κ3) is 2.54. The second-order valence-corrected chi connectivity index (χ2v) is 5.83. The Morgan fingerprint density at radius 3 is 1.91 bits per heavy atom. The van der Waals surface area contributed by atoms with Crippen molar-refractivity contribution in [3.63, 3.8) is 0 Å². The summed E-state index contributed by atoms with van der Waals surface area (Å²) in [5.74, 6) is 0.221. The van der Waals surface area contributed by atoms with Crippen LogP contribution in [0, 0.1) is 0 Å². The largest absolute Gasteiger partial charge is 0.332 e. The quantitative estimate of drug-likeness (QED) is 0.833. The summed E-state index contributed by atoms with van der Waals surface area (Å²) in [5, 5.41) is 0. The first-order valence-electron chi connectivity index (χ1n) is 8.21. The molecule has 0 radical (unpaired) electrons. The Morgan fingerprint density at radius 1 is 0.955 bits per heavy atom. The summed E-state index contributed by atoms with van der Waals surface area (Å²) in [6.07, 6.45) is 2.64. The number of carbonyl (C=O) groups is 1. The maximum absolute atomic E-state index is 12.5. The summed E-state index contributed by atoms with van der Waals surface area (Å²) in [4.78, 5) is 14.5. The molecule has 0 fully saturated rings. The highest BCUT2D eigenvalue weighted by Gasteiger charge is 2.29. The van der Waals surface area contributed by atoms with Gasteiger partial charge in [0.15, 0.2) is 0 Å². The van der Waals surface area contributed by atoms with Gasteiger partial charge in [0.2, 0.25) is 5.91 Å². The fraction of sp³-hybridized carbons (Fsp3) is 0.350. The van der Waals surface area contributed by atoms with E-state index in [1.54, 1.807) is 0 Å². The van der Waals surface area contributed by atoms with Crippen molar-refractivity contribution in [2.45, 2.75) is 39.2 Å². The zero-order valence-electron chi connectivity index (χ0n) is 13.4. The standard InChI is InChI=1S/C20H23NO/c1-3-19(22)21(4-2)20-17-11-7-5-9-15(17)13-14-16-10-6-8-12-18(16)20/h5-12,20H,3-4,13-14H2,1-2H3. The fourth-order valence-electron chi connectivity index (χ4n) is 3.54. The lowest BCUT2D eigenvalue weighted by molar-refractivity contribution is -0.132. The predicted molar refractivity (Wildman–Crippen MR) is 89.8 cm³/mol. The number of fused-ring (bicyclic) bond motifs is 2. The van der Waals surface area contributed by atoms with E-state index < -0.39 is 0 Å². The maximum atomic E-state index is 12.5. The third-order valence-electron chi connectivity index (χ3n) is 4.64. The van der Waals surface area contributed by atoms with Crippen LogP contribution in [-0.4, -0.2) is 17.4 Å². The summed E-state index contributed by atoms with van der Waals surface area (Å²) in [5.41, 5.74) is 5.31. The van der Waals surface area contributed by atoms with Gasteiger partial charge in [-0.2, -0.15) is 0 Å². The number of carbonyl (C=O) groups excluding carboxylic acids is 1. The number of hydrogen-bond acceptors (Lipinski definition) is 1. The molecule has 22 heavy (non-hydrogen) atoms. The number of aryl methyl sites for hydroxylation is 2. The number of hydrogen-bond donors (Lipinski definition) is 0. The van der Waals surface area contributed by atoms with Crippen molar-refractivity contribution in [2.24, 2.45) is 0 Å². The van der Waals surface area contributed by atoms with E-state index in [-0.39, 0.29) is 11.9 Å². The molecular weight excluding hydrogens is 270 g/mol. The summed E-state index contributed by atoms with van der Waals surface area (Å²) in [7, 11) is 0. The zero-order chi connectivity index (χ0) is 15.5. The molecule has 3 rings (SSSR count). The monoisotopic (exact) mass is 293 g/mol. The summed E-state index contributed by atoms with van der Waals surface area (Å²) >= 11 is 0. The predicted octanol–water partition coefficient (Wildman–Crippen LogP) is 4.13. The molecule has 1 aliphatic carbocycles. The number of benzene rings is 2.